The zero-order valence-electron chi connectivity index (χ0n) is 9.56. The van der Waals surface area contributed by atoms with E-state index in [0.29, 0.717) is 12.3 Å². The maximum atomic E-state index is 11.7. The molecule has 0 fully saturated rings. The Labute approximate surface area is 101 Å². The maximum Gasteiger partial charge on any atom is 0.232 e. The van der Waals surface area contributed by atoms with Crippen LogP contribution in [0, 0.1) is 0 Å². The van der Waals surface area contributed by atoms with Crippen LogP contribution in [0.4, 0.5) is 0 Å². The van der Waals surface area contributed by atoms with E-state index in [0.717, 1.165) is 17.9 Å². The Kier molecular flexibility index (Phi) is 5.96. The second-order valence-corrected chi connectivity index (χ2v) is 4.61. The average Bonchev–Trinajstić information content (AvgIpc) is 2.34. The van der Waals surface area contributed by atoms with Gasteiger partial charge in [-0.3, -0.25) is 4.79 Å². The van der Waals surface area contributed by atoms with Crippen molar-refractivity contribution >= 4 is 17.7 Å². The largest absolute Gasteiger partial charge is 0.345 e. The number of thioether (sulfide) groups is 1. The van der Waals surface area contributed by atoms with Crippen LogP contribution in [0.3, 0.4) is 0 Å². The number of benzene rings is 1. The number of nitrogens with zero attached hydrogens (tertiary/aromatic N) is 1. The van der Waals surface area contributed by atoms with Gasteiger partial charge in [-0.25, -0.2) is 0 Å². The monoisotopic (exact) mass is 238 g/mol. The number of amides is 1. The lowest BCUT2D eigenvalue weighted by molar-refractivity contribution is -0.127. The molecule has 0 saturated carbocycles. The van der Waals surface area contributed by atoms with Crippen molar-refractivity contribution < 1.29 is 4.79 Å². The lowest BCUT2D eigenvalue weighted by Crippen LogP contribution is -2.30. The summed E-state index contributed by atoms with van der Waals surface area (Å²) in [5, 5.41) is 0. The molecule has 0 aliphatic carbocycles. The minimum absolute atomic E-state index is 0.155. The summed E-state index contributed by atoms with van der Waals surface area (Å²) in [6.07, 6.45) is 0.859. The smallest absolute Gasteiger partial charge is 0.232 e. The van der Waals surface area contributed by atoms with Crippen molar-refractivity contribution in [2.75, 3.05) is 25.9 Å². The molecule has 1 amide bonds. The van der Waals surface area contributed by atoms with Crippen molar-refractivity contribution in [1.82, 2.24) is 4.90 Å². The molecule has 1 aromatic carbocycles. The molecule has 0 spiro atoms. The molecule has 0 saturated heterocycles. The molecular formula is C12H18N2OS. The molecule has 3 nitrogen and oxygen atoms in total. The van der Waals surface area contributed by atoms with Crippen LogP contribution in [0.25, 0.3) is 0 Å². The number of carbonyl (C=O) groups excluding carboxylic acids is 1. The minimum atomic E-state index is 0.155. The zero-order valence-corrected chi connectivity index (χ0v) is 10.4. The minimum Gasteiger partial charge on any atom is -0.345 e. The number of hydrogen-bond acceptors (Lipinski definition) is 3. The van der Waals surface area contributed by atoms with E-state index in [1.165, 1.54) is 0 Å². The van der Waals surface area contributed by atoms with Gasteiger partial charge < -0.3 is 10.6 Å². The predicted molar refractivity (Wildman–Crippen MR) is 68.5 cm³/mol. The first-order valence-corrected chi connectivity index (χ1v) is 6.34. The number of nitrogens with two attached hydrogens (primary N) is 1. The lowest BCUT2D eigenvalue weighted by Gasteiger charge is -2.16. The van der Waals surface area contributed by atoms with Gasteiger partial charge in [0.25, 0.3) is 0 Å². The van der Waals surface area contributed by atoms with E-state index in [9.17, 15) is 4.79 Å². The maximum absolute atomic E-state index is 11.7. The quantitative estimate of drug-likeness (QED) is 0.766. The van der Waals surface area contributed by atoms with E-state index >= 15 is 0 Å². The van der Waals surface area contributed by atoms with Crippen LogP contribution in [-0.4, -0.2) is 36.7 Å². The Hall–Kier alpha value is -1.00. The van der Waals surface area contributed by atoms with Crippen LogP contribution in [0.1, 0.15) is 6.42 Å². The van der Waals surface area contributed by atoms with Crippen molar-refractivity contribution in [2.24, 2.45) is 5.73 Å². The number of rotatable bonds is 6. The van der Waals surface area contributed by atoms with Gasteiger partial charge in [0.1, 0.15) is 0 Å². The van der Waals surface area contributed by atoms with Crippen LogP contribution in [0.2, 0.25) is 0 Å². The summed E-state index contributed by atoms with van der Waals surface area (Å²) in [6, 6.07) is 9.95. The molecule has 0 aliphatic heterocycles. The van der Waals surface area contributed by atoms with Gasteiger partial charge in [-0.05, 0) is 25.1 Å². The van der Waals surface area contributed by atoms with Gasteiger partial charge >= 0.3 is 0 Å². The summed E-state index contributed by atoms with van der Waals surface area (Å²) in [5.74, 6) is 0.646. The van der Waals surface area contributed by atoms with Crippen molar-refractivity contribution in [1.29, 1.82) is 0 Å². The lowest BCUT2D eigenvalue weighted by atomic mass is 10.4. The summed E-state index contributed by atoms with van der Waals surface area (Å²) < 4.78 is 0. The van der Waals surface area contributed by atoms with Crippen LogP contribution in [-0.2, 0) is 4.79 Å². The third-order valence-electron chi connectivity index (χ3n) is 2.23. The van der Waals surface area contributed by atoms with Gasteiger partial charge in [-0.2, -0.15) is 0 Å². The highest BCUT2D eigenvalue weighted by Crippen LogP contribution is 2.16. The Bertz CT molecular complexity index is 316. The molecule has 1 aromatic rings. The third kappa shape index (κ3) is 4.68. The normalized spacial score (nSPS) is 10.1. The zero-order chi connectivity index (χ0) is 11.8. The van der Waals surface area contributed by atoms with Crippen LogP contribution in [0.15, 0.2) is 35.2 Å². The van der Waals surface area contributed by atoms with Crippen LogP contribution >= 0.6 is 11.8 Å². The highest BCUT2D eigenvalue weighted by Gasteiger charge is 2.08. The van der Waals surface area contributed by atoms with Gasteiger partial charge in [0.2, 0.25) is 5.91 Å². The first-order valence-electron chi connectivity index (χ1n) is 5.36. The van der Waals surface area contributed by atoms with Crippen molar-refractivity contribution in [2.45, 2.75) is 11.3 Å². The molecule has 1 rings (SSSR count). The van der Waals surface area contributed by atoms with Gasteiger partial charge in [0.05, 0.1) is 5.75 Å². The SMILES string of the molecule is CN(CCCN)C(=O)CSc1ccccc1. The van der Waals surface area contributed by atoms with E-state index in [2.05, 4.69) is 0 Å². The van der Waals surface area contributed by atoms with Gasteiger partial charge in [0.15, 0.2) is 0 Å². The van der Waals surface area contributed by atoms with Gasteiger partial charge in [0, 0.05) is 18.5 Å². The molecule has 4 heteroatoms. The molecule has 0 atom stereocenters. The fraction of sp³-hybridized carbons (Fsp3) is 0.417. The standard InChI is InChI=1S/C12H18N2OS/c1-14(9-5-8-13)12(15)10-16-11-6-3-2-4-7-11/h2-4,6-7H,5,8-10,13H2,1H3. The molecule has 2 N–H and O–H groups in total. The molecule has 0 heterocycles. The van der Waals surface area contributed by atoms with Gasteiger partial charge in [-0.1, -0.05) is 18.2 Å². The Morgan fingerprint density at radius 1 is 1.38 bits per heavy atom. The second-order valence-electron chi connectivity index (χ2n) is 3.56. The Balaban J connectivity index is 2.29. The Morgan fingerprint density at radius 2 is 2.06 bits per heavy atom. The molecule has 88 valence electrons. The van der Waals surface area contributed by atoms with E-state index in [1.54, 1.807) is 16.7 Å². The summed E-state index contributed by atoms with van der Waals surface area (Å²) in [7, 11) is 1.82. The number of hydrogen-bond donors (Lipinski definition) is 1. The van der Waals surface area contributed by atoms with E-state index < -0.39 is 0 Å². The summed E-state index contributed by atoms with van der Waals surface area (Å²) in [4.78, 5) is 14.6. The van der Waals surface area contributed by atoms with E-state index in [-0.39, 0.29) is 5.91 Å². The summed E-state index contributed by atoms with van der Waals surface area (Å²) in [6.45, 7) is 1.37. The van der Waals surface area contributed by atoms with Crippen molar-refractivity contribution in [3.05, 3.63) is 30.3 Å². The Morgan fingerprint density at radius 3 is 2.69 bits per heavy atom. The van der Waals surface area contributed by atoms with E-state index in [4.69, 9.17) is 5.73 Å². The van der Waals surface area contributed by atoms with Crippen molar-refractivity contribution in [3.63, 3.8) is 0 Å². The first-order chi connectivity index (χ1) is 7.74. The van der Waals surface area contributed by atoms with Crippen LogP contribution in [0.5, 0.6) is 0 Å². The highest BCUT2D eigenvalue weighted by atomic mass is 32.2. The first kappa shape index (κ1) is 13.1. The topological polar surface area (TPSA) is 46.3 Å². The van der Waals surface area contributed by atoms with Crippen LogP contribution < -0.4 is 5.73 Å². The third-order valence-corrected chi connectivity index (χ3v) is 3.23. The molecule has 0 aromatic heterocycles. The molecule has 16 heavy (non-hydrogen) atoms. The highest BCUT2D eigenvalue weighted by molar-refractivity contribution is 8.00. The second kappa shape index (κ2) is 7.30. The fourth-order valence-corrected chi connectivity index (χ4v) is 2.09. The fourth-order valence-electron chi connectivity index (χ4n) is 1.23. The van der Waals surface area contributed by atoms with Gasteiger partial charge in [-0.15, -0.1) is 11.8 Å². The van der Waals surface area contributed by atoms with Crippen molar-refractivity contribution in [3.8, 4) is 0 Å². The summed E-state index contributed by atoms with van der Waals surface area (Å²) >= 11 is 1.57. The molecular weight excluding hydrogens is 220 g/mol. The molecule has 0 bridgehead atoms. The number of carbonyl (C=O) groups is 1. The average molecular weight is 238 g/mol. The van der Waals surface area contributed by atoms with E-state index in [1.807, 2.05) is 37.4 Å². The summed E-state index contributed by atoms with van der Waals surface area (Å²) in [5.41, 5.74) is 5.40. The molecule has 0 unspecified atom stereocenters. The predicted octanol–water partition coefficient (Wildman–Crippen LogP) is 1.59. The molecule has 0 aliphatic rings. The molecule has 0 radical (unpaired) electrons.